The summed E-state index contributed by atoms with van der Waals surface area (Å²) in [6.07, 6.45) is 3.61. The summed E-state index contributed by atoms with van der Waals surface area (Å²) >= 11 is 0. The average molecular weight is 387 g/mol. The number of likely N-dealkylation sites (N-methyl/N-ethyl adjacent to an activating group) is 1. The Hall–Kier alpha value is -2.29. The van der Waals surface area contributed by atoms with Gasteiger partial charge in [-0.2, -0.15) is 0 Å². The Morgan fingerprint density at radius 1 is 1.39 bits per heavy atom. The van der Waals surface area contributed by atoms with Crippen LogP contribution in [-0.4, -0.2) is 69.8 Å². The Labute approximate surface area is 165 Å². The lowest BCUT2D eigenvalue weighted by Gasteiger charge is -2.36. The van der Waals surface area contributed by atoms with Crippen LogP contribution in [0.15, 0.2) is 29.0 Å². The van der Waals surface area contributed by atoms with Crippen LogP contribution in [0.3, 0.4) is 0 Å². The molecule has 0 aliphatic carbocycles. The number of piperidine rings is 1. The van der Waals surface area contributed by atoms with E-state index in [0.717, 1.165) is 29.1 Å². The molecule has 3 heterocycles. The van der Waals surface area contributed by atoms with Gasteiger partial charge in [-0.3, -0.25) is 19.6 Å². The van der Waals surface area contributed by atoms with Gasteiger partial charge in [0.05, 0.1) is 24.4 Å². The van der Waals surface area contributed by atoms with Crippen LogP contribution in [0, 0.1) is 13.8 Å². The first-order valence-electron chi connectivity index (χ1n) is 9.61. The van der Waals surface area contributed by atoms with Gasteiger partial charge < -0.3 is 14.9 Å². The number of nitrogens with zero attached hydrogens (tertiary/aromatic N) is 4. The average Bonchev–Trinajstić information content (AvgIpc) is 2.96. The zero-order chi connectivity index (χ0) is 20.1. The summed E-state index contributed by atoms with van der Waals surface area (Å²) < 4.78 is 5.21. The van der Waals surface area contributed by atoms with Gasteiger partial charge in [-0.05, 0) is 45.0 Å². The number of aromatic nitrogens is 2. The van der Waals surface area contributed by atoms with Crippen molar-refractivity contribution in [3.05, 3.63) is 47.1 Å². The highest BCUT2D eigenvalue weighted by Crippen LogP contribution is 2.19. The first-order chi connectivity index (χ1) is 13.4. The summed E-state index contributed by atoms with van der Waals surface area (Å²) in [4.78, 5) is 20.5. The lowest BCUT2D eigenvalue weighted by molar-refractivity contribution is -0.124. The van der Waals surface area contributed by atoms with Crippen LogP contribution in [0.5, 0.6) is 0 Å². The quantitative estimate of drug-likeness (QED) is 0.728. The largest absolute Gasteiger partial charge is 0.390 e. The maximum absolute atomic E-state index is 12.4. The number of aliphatic hydroxyl groups is 1. The lowest BCUT2D eigenvalue weighted by Crippen LogP contribution is -2.55. The summed E-state index contributed by atoms with van der Waals surface area (Å²) in [5.74, 6) is 0.749. The molecule has 0 saturated carbocycles. The number of hydrogen-bond donors (Lipinski definition) is 2. The second-order valence-corrected chi connectivity index (χ2v) is 7.60. The molecule has 1 fully saturated rings. The summed E-state index contributed by atoms with van der Waals surface area (Å²) in [6, 6.07) is 3.66. The predicted molar refractivity (Wildman–Crippen MR) is 104 cm³/mol. The third-order valence-electron chi connectivity index (χ3n) is 5.19. The van der Waals surface area contributed by atoms with E-state index in [9.17, 15) is 9.90 Å². The van der Waals surface area contributed by atoms with Crippen molar-refractivity contribution in [3.8, 4) is 0 Å². The number of aryl methyl sites for hydroxylation is 2. The van der Waals surface area contributed by atoms with Gasteiger partial charge >= 0.3 is 0 Å². The number of nitrogens with one attached hydrogen (secondary N) is 1. The van der Waals surface area contributed by atoms with Gasteiger partial charge in [-0.1, -0.05) is 5.16 Å². The topological polar surface area (TPSA) is 94.7 Å². The van der Waals surface area contributed by atoms with Gasteiger partial charge in [0, 0.05) is 44.1 Å². The van der Waals surface area contributed by atoms with E-state index >= 15 is 0 Å². The summed E-state index contributed by atoms with van der Waals surface area (Å²) in [6.45, 7) is 6.82. The van der Waals surface area contributed by atoms with Crippen LogP contribution in [0.4, 0.5) is 0 Å². The molecule has 1 saturated heterocycles. The molecule has 1 aliphatic rings. The molecule has 0 radical (unpaired) electrons. The number of hydrogen-bond acceptors (Lipinski definition) is 7. The molecule has 0 aromatic carbocycles. The van der Waals surface area contributed by atoms with Crippen LogP contribution >= 0.6 is 0 Å². The zero-order valence-electron chi connectivity index (χ0n) is 16.8. The molecule has 0 bridgehead atoms. The van der Waals surface area contributed by atoms with Gasteiger partial charge in [-0.25, -0.2) is 0 Å². The third-order valence-corrected chi connectivity index (χ3v) is 5.19. The normalized spacial score (nSPS) is 20.5. The van der Waals surface area contributed by atoms with E-state index in [-0.39, 0.29) is 18.5 Å². The molecule has 28 heavy (non-hydrogen) atoms. The van der Waals surface area contributed by atoms with Crippen LogP contribution in [0.25, 0.3) is 0 Å². The van der Waals surface area contributed by atoms with E-state index in [4.69, 9.17) is 4.52 Å². The Bertz CT molecular complexity index is 760. The lowest BCUT2D eigenvalue weighted by atomic mass is 10.0. The Kier molecular flexibility index (Phi) is 6.77. The van der Waals surface area contributed by atoms with Gasteiger partial charge in [0.2, 0.25) is 5.91 Å². The number of β-amino-alcohol motifs (C(OH)–C–C–N with tert-alkyl or cyclic N) is 1. The molecule has 0 unspecified atom stereocenters. The Balaban J connectivity index is 1.44. The fraction of sp³-hybridized carbons (Fsp3) is 0.550. The monoisotopic (exact) mass is 387 g/mol. The van der Waals surface area contributed by atoms with E-state index in [1.165, 1.54) is 0 Å². The molecule has 8 nitrogen and oxygen atoms in total. The maximum Gasteiger partial charge on any atom is 0.234 e. The molecule has 2 aromatic rings. The van der Waals surface area contributed by atoms with Crippen molar-refractivity contribution in [1.29, 1.82) is 0 Å². The first kappa shape index (κ1) is 20.4. The highest BCUT2D eigenvalue weighted by atomic mass is 16.5. The number of carbonyl (C=O) groups is 1. The number of carbonyl (C=O) groups excluding carboxylic acids is 1. The summed E-state index contributed by atoms with van der Waals surface area (Å²) in [5, 5.41) is 17.5. The second-order valence-electron chi connectivity index (χ2n) is 7.60. The molecular formula is C20H29N5O3. The van der Waals surface area contributed by atoms with Gasteiger partial charge in [0.15, 0.2) is 0 Å². The van der Waals surface area contributed by atoms with Crippen LogP contribution < -0.4 is 5.32 Å². The van der Waals surface area contributed by atoms with E-state index in [0.29, 0.717) is 26.1 Å². The van der Waals surface area contributed by atoms with Crippen molar-refractivity contribution in [2.24, 2.45) is 0 Å². The van der Waals surface area contributed by atoms with Crippen LogP contribution in [0.1, 0.15) is 29.0 Å². The molecule has 3 rings (SSSR count). The zero-order valence-corrected chi connectivity index (χ0v) is 16.8. The SMILES string of the molecule is Cc1noc(C)c1CN1CC[C@@H](NC(=O)CN(C)Cc2ccncc2)[C@H](O)C1. The molecule has 2 atom stereocenters. The van der Waals surface area contributed by atoms with Crippen molar-refractivity contribution in [2.75, 3.05) is 26.7 Å². The van der Waals surface area contributed by atoms with Crippen molar-refractivity contribution >= 4 is 5.91 Å². The smallest absolute Gasteiger partial charge is 0.234 e. The molecule has 1 aliphatic heterocycles. The molecule has 2 aromatic heterocycles. The van der Waals surface area contributed by atoms with Crippen molar-refractivity contribution < 1.29 is 14.4 Å². The van der Waals surface area contributed by atoms with Crippen LogP contribution in [-0.2, 0) is 17.9 Å². The Morgan fingerprint density at radius 3 is 2.79 bits per heavy atom. The molecule has 1 amide bonds. The minimum Gasteiger partial charge on any atom is -0.390 e. The summed E-state index contributed by atoms with van der Waals surface area (Å²) in [5.41, 5.74) is 3.07. The number of likely N-dealkylation sites (tertiary alicyclic amines) is 1. The molecule has 152 valence electrons. The molecule has 8 heteroatoms. The van der Waals surface area contributed by atoms with Gasteiger partial charge in [0.25, 0.3) is 0 Å². The molecular weight excluding hydrogens is 358 g/mol. The van der Waals surface area contributed by atoms with E-state index in [1.807, 2.05) is 37.9 Å². The van der Waals surface area contributed by atoms with Crippen molar-refractivity contribution in [3.63, 3.8) is 0 Å². The number of pyridine rings is 1. The predicted octanol–water partition coefficient (Wildman–Crippen LogP) is 0.870. The second kappa shape index (κ2) is 9.27. The van der Waals surface area contributed by atoms with E-state index in [2.05, 4.69) is 20.4 Å². The van der Waals surface area contributed by atoms with Crippen molar-refractivity contribution in [1.82, 2.24) is 25.3 Å². The molecule has 0 spiro atoms. The van der Waals surface area contributed by atoms with E-state index < -0.39 is 6.10 Å². The maximum atomic E-state index is 12.4. The highest BCUT2D eigenvalue weighted by molar-refractivity contribution is 5.78. The standard InChI is InChI=1S/C20H29N5O3/c1-14-17(15(2)28-23-14)11-25-9-6-18(19(26)12-25)22-20(27)13-24(3)10-16-4-7-21-8-5-16/h4-5,7-8,18-19,26H,6,9-13H2,1-3H3,(H,22,27)/t18-,19-/m1/s1. The van der Waals surface area contributed by atoms with Gasteiger partial charge in [0.1, 0.15) is 5.76 Å². The highest BCUT2D eigenvalue weighted by Gasteiger charge is 2.29. The Morgan fingerprint density at radius 2 is 2.14 bits per heavy atom. The van der Waals surface area contributed by atoms with E-state index in [1.54, 1.807) is 12.4 Å². The first-order valence-corrected chi connectivity index (χ1v) is 9.61. The fourth-order valence-electron chi connectivity index (χ4n) is 3.61. The number of aliphatic hydroxyl groups excluding tert-OH is 1. The van der Waals surface area contributed by atoms with Crippen LogP contribution in [0.2, 0.25) is 0 Å². The number of rotatable bonds is 7. The van der Waals surface area contributed by atoms with Gasteiger partial charge in [-0.15, -0.1) is 0 Å². The number of amides is 1. The minimum atomic E-state index is -0.594. The minimum absolute atomic E-state index is 0.0696. The van der Waals surface area contributed by atoms with Crippen molar-refractivity contribution in [2.45, 2.75) is 45.5 Å². The summed E-state index contributed by atoms with van der Waals surface area (Å²) in [7, 11) is 1.91. The molecule has 2 N–H and O–H groups in total. The third kappa shape index (κ3) is 5.37. The fourth-order valence-corrected chi connectivity index (χ4v) is 3.61.